The normalized spacial score (nSPS) is 13.9. The second-order valence-electron chi connectivity index (χ2n) is 11.2. The van der Waals surface area contributed by atoms with E-state index in [-0.39, 0.29) is 5.82 Å². The highest BCUT2D eigenvalue weighted by Gasteiger charge is 2.32. The Hall–Kier alpha value is -4.39. The van der Waals surface area contributed by atoms with Gasteiger partial charge in [-0.1, -0.05) is 36.4 Å². The van der Waals surface area contributed by atoms with E-state index in [1.54, 1.807) is 15.7 Å². The standard InChI is InChI=1S/C33H24B3FN2OS/c1-16-8-11-21-22-13-10-18(15-38)26(17-9-12-20-19-6-4-5-7-23(19)41(2,3)24(20)14-17)32(22)40-31(21)25(16)30-27(34)29(37)28(35)33(36)39-30/h4,6,8-14H,34-36H2,1-3H3. The van der Waals surface area contributed by atoms with Crippen LogP contribution in [-0.2, 0) is 0 Å². The number of nitrogens with zero attached hydrogens (tertiary/aromatic N) is 2. The Kier molecular flexibility index (Phi) is 5.49. The van der Waals surface area contributed by atoms with Crippen molar-refractivity contribution < 1.29 is 8.81 Å². The number of rotatable bonds is 2. The molecule has 0 atom stereocenters. The third-order valence-electron chi connectivity index (χ3n) is 8.60. The molecule has 0 amide bonds. The first kappa shape index (κ1) is 25.6. The number of halogens is 1. The summed E-state index contributed by atoms with van der Waals surface area (Å²) in [5.74, 6) is -0.244. The third kappa shape index (κ3) is 3.47. The molecule has 194 valence electrons. The van der Waals surface area contributed by atoms with Gasteiger partial charge in [0.25, 0.3) is 0 Å². The van der Waals surface area contributed by atoms with Gasteiger partial charge in [0.15, 0.2) is 7.85 Å². The van der Waals surface area contributed by atoms with Gasteiger partial charge in [-0.25, -0.2) is 4.39 Å². The van der Waals surface area contributed by atoms with Crippen LogP contribution in [0.25, 0.3) is 55.4 Å². The minimum absolute atomic E-state index is 0.244. The van der Waals surface area contributed by atoms with Crippen LogP contribution in [0.1, 0.15) is 11.1 Å². The maximum atomic E-state index is 15.2. The lowest BCUT2D eigenvalue weighted by Crippen LogP contribution is -2.39. The predicted octanol–water partition coefficient (Wildman–Crippen LogP) is 3.47. The maximum absolute atomic E-state index is 15.2. The number of hydrogen-bond acceptors (Lipinski definition) is 3. The van der Waals surface area contributed by atoms with E-state index in [1.807, 2.05) is 45.1 Å². The van der Waals surface area contributed by atoms with Crippen LogP contribution < -0.4 is 16.5 Å². The topological polar surface area (TPSA) is 49.8 Å². The lowest BCUT2D eigenvalue weighted by Gasteiger charge is -2.27. The molecule has 0 saturated carbocycles. The SMILES string of the molecule is Bc1nc(-c2c(C)ccc3c2oc2c(-c4ccc5c(c4)S(C)(C)c4c#cccc4-5)c(C#N)ccc23)c(B)c(F)c1B. The molecule has 4 aromatic carbocycles. The highest BCUT2D eigenvalue weighted by atomic mass is 32.3. The van der Waals surface area contributed by atoms with Gasteiger partial charge >= 0.3 is 0 Å². The molecule has 0 saturated heterocycles. The fourth-order valence-corrected chi connectivity index (χ4v) is 8.63. The van der Waals surface area contributed by atoms with Crippen LogP contribution in [0.2, 0.25) is 0 Å². The van der Waals surface area contributed by atoms with E-state index >= 15 is 4.39 Å². The zero-order valence-electron chi connectivity index (χ0n) is 23.8. The molecule has 3 heterocycles. The lowest BCUT2D eigenvalue weighted by molar-refractivity contribution is 0.644. The second kappa shape index (κ2) is 8.81. The molecule has 0 unspecified atom stereocenters. The van der Waals surface area contributed by atoms with Crippen LogP contribution in [0.5, 0.6) is 0 Å². The molecule has 41 heavy (non-hydrogen) atoms. The van der Waals surface area contributed by atoms with Crippen LogP contribution >= 0.6 is 10.0 Å². The summed E-state index contributed by atoms with van der Waals surface area (Å²) < 4.78 is 21.9. The summed E-state index contributed by atoms with van der Waals surface area (Å²) in [7, 11) is 4.06. The number of furan rings is 1. The first-order valence-corrected chi connectivity index (χ1v) is 15.9. The van der Waals surface area contributed by atoms with E-state index in [0.717, 1.165) is 33.0 Å². The Labute approximate surface area is 243 Å². The molecule has 0 N–H and O–H groups in total. The number of benzene rings is 3. The fourth-order valence-electron chi connectivity index (χ4n) is 6.22. The highest BCUT2D eigenvalue weighted by molar-refractivity contribution is 8.33. The summed E-state index contributed by atoms with van der Waals surface area (Å²) in [5.41, 5.74) is 10.00. The Bertz CT molecular complexity index is 2160. The van der Waals surface area contributed by atoms with Crippen LogP contribution in [0.4, 0.5) is 4.39 Å². The molecule has 1 aliphatic rings. The molecule has 0 spiro atoms. The Morgan fingerprint density at radius 2 is 1.66 bits per heavy atom. The van der Waals surface area contributed by atoms with Crippen molar-refractivity contribution in [1.82, 2.24) is 4.98 Å². The van der Waals surface area contributed by atoms with Crippen LogP contribution in [0.15, 0.2) is 68.8 Å². The molecule has 0 bridgehead atoms. The molecule has 8 heteroatoms. The quantitative estimate of drug-likeness (QED) is 0.312. The summed E-state index contributed by atoms with van der Waals surface area (Å²) in [6, 6.07) is 27.3. The molecule has 2 aromatic heterocycles. The molecule has 0 aliphatic carbocycles. The van der Waals surface area contributed by atoms with Gasteiger partial charge in [-0.3, -0.25) is 4.98 Å². The minimum atomic E-state index is -1.30. The van der Waals surface area contributed by atoms with Crippen molar-refractivity contribution in [1.29, 1.82) is 5.26 Å². The summed E-state index contributed by atoms with van der Waals surface area (Å²) in [5, 5.41) is 12.0. The van der Waals surface area contributed by atoms with Crippen molar-refractivity contribution in [3.63, 3.8) is 0 Å². The number of hydrogen-bond donors (Lipinski definition) is 0. The van der Waals surface area contributed by atoms with Crippen LogP contribution in [0, 0.1) is 36.2 Å². The van der Waals surface area contributed by atoms with Gasteiger partial charge in [0, 0.05) is 32.4 Å². The second-order valence-corrected chi connectivity index (χ2v) is 14.7. The zero-order valence-corrected chi connectivity index (χ0v) is 24.6. The van der Waals surface area contributed by atoms with Crippen molar-refractivity contribution in [2.75, 3.05) is 12.5 Å². The van der Waals surface area contributed by atoms with Crippen molar-refractivity contribution in [2.45, 2.75) is 16.7 Å². The van der Waals surface area contributed by atoms with Crippen molar-refractivity contribution in [3.05, 3.63) is 83.7 Å². The van der Waals surface area contributed by atoms with E-state index < -0.39 is 10.0 Å². The Balaban J connectivity index is 1.53. The first-order valence-electron chi connectivity index (χ1n) is 13.5. The summed E-state index contributed by atoms with van der Waals surface area (Å²) >= 11 is 0. The molecule has 0 radical (unpaired) electrons. The van der Waals surface area contributed by atoms with Gasteiger partial charge in [0.05, 0.1) is 22.2 Å². The van der Waals surface area contributed by atoms with Gasteiger partial charge in [-0.2, -0.15) is 15.3 Å². The minimum Gasteiger partial charge on any atom is -0.455 e. The molecular weight excluding hydrogens is 524 g/mol. The highest BCUT2D eigenvalue weighted by Crippen LogP contribution is 2.67. The third-order valence-corrected chi connectivity index (χ3v) is 11.4. The number of aromatic nitrogens is 1. The van der Waals surface area contributed by atoms with E-state index in [9.17, 15) is 5.26 Å². The van der Waals surface area contributed by atoms with E-state index in [0.29, 0.717) is 38.9 Å². The smallest absolute Gasteiger partial charge is 0.163 e. The maximum Gasteiger partial charge on any atom is 0.163 e. The van der Waals surface area contributed by atoms with E-state index in [1.165, 1.54) is 20.9 Å². The molecule has 6 aromatic rings. The molecule has 1 aliphatic heterocycles. The first-order chi connectivity index (χ1) is 19.6. The number of pyridine rings is 1. The number of fused-ring (bicyclic) bond motifs is 6. The van der Waals surface area contributed by atoms with Gasteiger partial charge in [0.2, 0.25) is 0 Å². The number of aryl methyl sites for hydroxylation is 1. The summed E-state index contributed by atoms with van der Waals surface area (Å²) in [4.78, 5) is 7.29. The van der Waals surface area contributed by atoms with E-state index in [2.05, 4.69) is 55.0 Å². The average Bonchev–Trinajstić information content (AvgIpc) is 3.45. The fraction of sp³-hybridized carbons (Fsp3) is 0.0909. The molecule has 0 fully saturated rings. The van der Waals surface area contributed by atoms with Gasteiger partial charge in [0.1, 0.15) is 32.7 Å². The van der Waals surface area contributed by atoms with Crippen LogP contribution in [0.3, 0.4) is 0 Å². The van der Waals surface area contributed by atoms with Crippen molar-refractivity contribution >= 4 is 72.0 Å². The zero-order chi connectivity index (χ0) is 28.8. The largest absolute Gasteiger partial charge is 0.455 e. The van der Waals surface area contributed by atoms with Crippen molar-refractivity contribution in [3.8, 4) is 39.6 Å². The van der Waals surface area contributed by atoms with Crippen molar-refractivity contribution in [2.24, 2.45) is 0 Å². The number of nitriles is 1. The average molecular weight is 548 g/mol. The molecule has 3 nitrogen and oxygen atoms in total. The monoisotopic (exact) mass is 548 g/mol. The van der Waals surface area contributed by atoms with Gasteiger partial charge in [-0.15, -0.1) is 0 Å². The molecular formula is C33H24B3FN2OS. The van der Waals surface area contributed by atoms with E-state index in [4.69, 9.17) is 9.40 Å². The van der Waals surface area contributed by atoms with Crippen LogP contribution in [-0.4, -0.2) is 41.0 Å². The molecule has 7 rings (SSSR count). The summed E-state index contributed by atoms with van der Waals surface area (Å²) in [6.07, 6.45) is 4.57. The van der Waals surface area contributed by atoms with Gasteiger partial charge < -0.3 is 4.42 Å². The lowest BCUT2D eigenvalue weighted by atomic mass is 9.78. The predicted molar refractivity (Wildman–Crippen MR) is 175 cm³/mol. The Morgan fingerprint density at radius 3 is 2.41 bits per heavy atom. The summed E-state index contributed by atoms with van der Waals surface area (Å²) in [6.45, 7) is 2.00. The Morgan fingerprint density at radius 1 is 0.927 bits per heavy atom. The van der Waals surface area contributed by atoms with Gasteiger partial charge in [-0.05, 0) is 83.0 Å².